The fourth-order valence-electron chi connectivity index (χ4n) is 1.67. The van der Waals surface area contributed by atoms with Crippen LogP contribution in [0.25, 0.3) is 0 Å². The molecule has 0 radical (unpaired) electrons. The Hall–Kier alpha value is -1.02. The molecule has 0 heterocycles. The number of benzene rings is 1. The normalized spacial score (nSPS) is 17.8. The first-order chi connectivity index (χ1) is 6.64. The monoisotopic (exact) mass is 209 g/mol. The Labute approximate surface area is 88.1 Å². The van der Waals surface area contributed by atoms with Gasteiger partial charge in [0.2, 0.25) is 5.91 Å². The van der Waals surface area contributed by atoms with E-state index >= 15 is 0 Å². The van der Waals surface area contributed by atoms with E-state index < -0.39 is 0 Å². The lowest BCUT2D eigenvalue weighted by atomic mass is 9.96. The van der Waals surface area contributed by atoms with Crippen LogP contribution in [0.5, 0.6) is 0 Å². The highest BCUT2D eigenvalue weighted by molar-refractivity contribution is 6.31. The van der Waals surface area contributed by atoms with E-state index in [-0.39, 0.29) is 11.3 Å². The number of hydrogen-bond acceptors (Lipinski definition) is 1. The van der Waals surface area contributed by atoms with E-state index in [9.17, 15) is 4.79 Å². The summed E-state index contributed by atoms with van der Waals surface area (Å²) in [5.41, 5.74) is 6.07. The van der Waals surface area contributed by atoms with Gasteiger partial charge in [0.05, 0.1) is 5.41 Å². The molecule has 1 saturated carbocycles. The first-order valence-electron chi connectivity index (χ1n) is 4.67. The van der Waals surface area contributed by atoms with Crippen molar-refractivity contribution in [3.05, 3.63) is 34.9 Å². The summed E-state index contributed by atoms with van der Waals surface area (Å²) in [5.74, 6) is -0.197. The Bertz CT molecular complexity index is 371. The second kappa shape index (κ2) is 3.28. The number of amides is 1. The molecular formula is C11H12ClNO. The van der Waals surface area contributed by atoms with E-state index in [1.54, 1.807) is 0 Å². The standard InChI is InChI=1S/C11H12ClNO/c12-9-4-2-1-3-8(9)7-11(5-6-11)10(13)14/h1-4H,5-7H2,(H2,13,14). The van der Waals surface area contributed by atoms with Crippen LogP contribution >= 0.6 is 11.6 Å². The maximum atomic E-state index is 11.2. The van der Waals surface area contributed by atoms with Crippen LogP contribution < -0.4 is 5.73 Å². The summed E-state index contributed by atoms with van der Waals surface area (Å²) in [7, 11) is 0. The molecule has 1 fully saturated rings. The molecule has 0 atom stereocenters. The highest BCUT2D eigenvalue weighted by atomic mass is 35.5. The van der Waals surface area contributed by atoms with Gasteiger partial charge in [0, 0.05) is 5.02 Å². The Balaban J connectivity index is 2.19. The number of halogens is 1. The smallest absolute Gasteiger partial charge is 0.223 e. The van der Waals surface area contributed by atoms with Gasteiger partial charge in [-0.15, -0.1) is 0 Å². The molecule has 1 aromatic rings. The van der Waals surface area contributed by atoms with Crippen LogP contribution in [0.4, 0.5) is 0 Å². The third-order valence-electron chi connectivity index (χ3n) is 2.86. The highest BCUT2D eigenvalue weighted by Crippen LogP contribution is 2.48. The minimum atomic E-state index is -0.301. The van der Waals surface area contributed by atoms with Crippen molar-refractivity contribution in [1.82, 2.24) is 0 Å². The molecule has 0 spiro atoms. The molecule has 74 valence electrons. The molecule has 2 N–H and O–H groups in total. The van der Waals surface area contributed by atoms with E-state index in [4.69, 9.17) is 17.3 Å². The number of primary amides is 1. The molecule has 1 aliphatic carbocycles. The molecular weight excluding hydrogens is 198 g/mol. The average Bonchev–Trinajstić information content (AvgIpc) is 2.90. The SMILES string of the molecule is NC(=O)C1(Cc2ccccc2Cl)CC1. The fourth-order valence-corrected chi connectivity index (χ4v) is 1.87. The molecule has 1 amide bonds. The van der Waals surface area contributed by atoms with Crippen LogP contribution in [0, 0.1) is 5.41 Å². The van der Waals surface area contributed by atoms with E-state index in [0.717, 1.165) is 23.4 Å². The zero-order valence-electron chi connectivity index (χ0n) is 7.79. The zero-order chi connectivity index (χ0) is 10.2. The van der Waals surface area contributed by atoms with Crippen LogP contribution in [0.3, 0.4) is 0 Å². The predicted molar refractivity (Wildman–Crippen MR) is 56.0 cm³/mol. The summed E-state index contributed by atoms with van der Waals surface area (Å²) in [4.78, 5) is 11.2. The largest absolute Gasteiger partial charge is 0.369 e. The van der Waals surface area contributed by atoms with E-state index in [1.165, 1.54) is 0 Å². The van der Waals surface area contributed by atoms with Crippen molar-refractivity contribution in [1.29, 1.82) is 0 Å². The van der Waals surface area contributed by atoms with Gasteiger partial charge in [0.15, 0.2) is 0 Å². The molecule has 0 unspecified atom stereocenters. The number of hydrogen-bond donors (Lipinski definition) is 1. The molecule has 2 nitrogen and oxygen atoms in total. The van der Waals surface area contributed by atoms with Crippen molar-refractivity contribution in [2.45, 2.75) is 19.3 Å². The lowest BCUT2D eigenvalue weighted by Crippen LogP contribution is -2.26. The predicted octanol–water partition coefficient (Wildman–Crippen LogP) is 2.15. The van der Waals surface area contributed by atoms with Gasteiger partial charge in [-0.3, -0.25) is 4.79 Å². The third kappa shape index (κ3) is 1.62. The van der Waals surface area contributed by atoms with Crippen LogP contribution in [0.2, 0.25) is 5.02 Å². The topological polar surface area (TPSA) is 43.1 Å². The van der Waals surface area contributed by atoms with Crippen molar-refractivity contribution in [3.63, 3.8) is 0 Å². The highest BCUT2D eigenvalue weighted by Gasteiger charge is 2.48. The molecule has 0 aromatic heterocycles. The van der Waals surface area contributed by atoms with Gasteiger partial charge in [0.25, 0.3) is 0 Å². The van der Waals surface area contributed by atoms with Crippen molar-refractivity contribution in [3.8, 4) is 0 Å². The number of carbonyl (C=O) groups is 1. The van der Waals surface area contributed by atoms with Gasteiger partial charge in [0.1, 0.15) is 0 Å². The first kappa shape index (κ1) is 9.53. The summed E-state index contributed by atoms with van der Waals surface area (Å²) in [6.07, 6.45) is 2.48. The van der Waals surface area contributed by atoms with Crippen LogP contribution in [0.1, 0.15) is 18.4 Å². The molecule has 0 aliphatic heterocycles. The van der Waals surface area contributed by atoms with E-state index in [1.807, 2.05) is 24.3 Å². The maximum Gasteiger partial charge on any atom is 0.223 e. The van der Waals surface area contributed by atoms with Crippen molar-refractivity contribution < 1.29 is 4.79 Å². The summed E-state index contributed by atoms with van der Waals surface area (Å²) in [6, 6.07) is 7.60. The lowest BCUT2D eigenvalue weighted by molar-refractivity contribution is -0.123. The van der Waals surface area contributed by atoms with Crippen LogP contribution in [0.15, 0.2) is 24.3 Å². The van der Waals surface area contributed by atoms with Gasteiger partial charge in [-0.25, -0.2) is 0 Å². The maximum absolute atomic E-state index is 11.2. The molecule has 14 heavy (non-hydrogen) atoms. The third-order valence-corrected chi connectivity index (χ3v) is 3.23. The average molecular weight is 210 g/mol. The summed E-state index contributed by atoms with van der Waals surface area (Å²) in [6.45, 7) is 0. The molecule has 0 bridgehead atoms. The Morgan fingerprint density at radius 1 is 1.43 bits per heavy atom. The van der Waals surface area contributed by atoms with Crippen molar-refractivity contribution in [2.24, 2.45) is 11.1 Å². The Morgan fingerprint density at radius 3 is 2.57 bits per heavy atom. The molecule has 1 aromatic carbocycles. The van der Waals surface area contributed by atoms with Crippen molar-refractivity contribution in [2.75, 3.05) is 0 Å². The van der Waals surface area contributed by atoms with Gasteiger partial charge in [-0.2, -0.15) is 0 Å². The van der Waals surface area contributed by atoms with Crippen LogP contribution in [-0.2, 0) is 11.2 Å². The lowest BCUT2D eigenvalue weighted by Gasteiger charge is -2.11. The summed E-state index contributed by atoms with van der Waals surface area (Å²) in [5, 5.41) is 0.722. The molecule has 1 aliphatic rings. The van der Waals surface area contributed by atoms with Gasteiger partial charge >= 0.3 is 0 Å². The molecule has 3 heteroatoms. The number of carbonyl (C=O) groups excluding carboxylic acids is 1. The zero-order valence-corrected chi connectivity index (χ0v) is 8.55. The second-order valence-electron chi connectivity index (χ2n) is 3.91. The van der Waals surface area contributed by atoms with E-state index in [2.05, 4.69) is 0 Å². The van der Waals surface area contributed by atoms with Gasteiger partial charge < -0.3 is 5.73 Å². The minimum absolute atomic E-state index is 0.197. The van der Waals surface area contributed by atoms with Gasteiger partial charge in [-0.1, -0.05) is 29.8 Å². The van der Waals surface area contributed by atoms with Gasteiger partial charge in [-0.05, 0) is 30.9 Å². The fraction of sp³-hybridized carbons (Fsp3) is 0.364. The first-order valence-corrected chi connectivity index (χ1v) is 5.05. The van der Waals surface area contributed by atoms with Crippen molar-refractivity contribution >= 4 is 17.5 Å². The summed E-state index contributed by atoms with van der Waals surface area (Å²) < 4.78 is 0. The number of rotatable bonds is 3. The quantitative estimate of drug-likeness (QED) is 0.815. The van der Waals surface area contributed by atoms with E-state index in [0.29, 0.717) is 6.42 Å². The Kier molecular flexibility index (Phi) is 2.23. The summed E-state index contributed by atoms with van der Waals surface area (Å²) >= 11 is 6.01. The van der Waals surface area contributed by atoms with Crippen LogP contribution in [-0.4, -0.2) is 5.91 Å². The minimum Gasteiger partial charge on any atom is -0.369 e. The Morgan fingerprint density at radius 2 is 2.07 bits per heavy atom. The number of nitrogens with two attached hydrogens (primary N) is 1. The molecule has 0 saturated heterocycles. The second-order valence-corrected chi connectivity index (χ2v) is 4.32. The molecule has 2 rings (SSSR count).